The number of thiophene rings is 2. The first kappa shape index (κ1) is 15.3. The van der Waals surface area contributed by atoms with Crippen molar-refractivity contribution in [3.8, 4) is 0 Å². The lowest BCUT2D eigenvalue weighted by Crippen LogP contribution is -2.29. The Hall–Kier alpha value is -1.13. The van der Waals surface area contributed by atoms with E-state index in [1.54, 1.807) is 22.7 Å². The number of carbonyl (C=O) groups excluding carboxylic acids is 1. The van der Waals surface area contributed by atoms with Crippen molar-refractivity contribution in [3.05, 3.63) is 43.8 Å². The van der Waals surface area contributed by atoms with Crippen LogP contribution in [0.2, 0.25) is 0 Å². The molecule has 0 radical (unpaired) electrons. The van der Waals surface area contributed by atoms with Gasteiger partial charge < -0.3 is 4.90 Å². The van der Waals surface area contributed by atoms with E-state index in [1.807, 2.05) is 17.9 Å². The third kappa shape index (κ3) is 3.49. The fourth-order valence-corrected chi connectivity index (χ4v) is 3.98. The molecular weight excluding hydrogens is 286 g/mol. The third-order valence-corrected chi connectivity index (χ3v) is 5.29. The number of aryl methyl sites for hydroxylation is 2. The number of amides is 1. The minimum atomic E-state index is 0.163. The lowest BCUT2D eigenvalue weighted by Gasteiger charge is -2.19. The molecule has 0 bridgehead atoms. The number of carbonyl (C=O) groups is 1. The van der Waals surface area contributed by atoms with Crippen molar-refractivity contribution in [1.29, 1.82) is 0 Å². The van der Waals surface area contributed by atoms with Crippen molar-refractivity contribution in [2.45, 2.75) is 40.2 Å². The van der Waals surface area contributed by atoms with Gasteiger partial charge in [-0.3, -0.25) is 4.79 Å². The summed E-state index contributed by atoms with van der Waals surface area (Å²) in [7, 11) is 0. The Balaban J connectivity index is 2.13. The van der Waals surface area contributed by atoms with Gasteiger partial charge in [-0.05, 0) is 43.3 Å². The van der Waals surface area contributed by atoms with Crippen LogP contribution in [0.5, 0.6) is 0 Å². The zero-order valence-corrected chi connectivity index (χ0v) is 13.9. The van der Waals surface area contributed by atoms with Gasteiger partial charge in [0.25, 0.3) is 5.91 Å². The van der Waals surface area contributed by atoms with E-state index in [4.69, 9.17) is 0 Å². The molecule has 0 saturated heterocycles. The number of rotatable bonds is 6. The van der Waals surface area contributed by atoms with E-state index in [9.17, 15) is 4.79 Å². The summed E-state index contributed by atoms with van der Waals surface area (Å²) >= 11 is 3.34. The molecule has 1 amide bonds. The minimum Gasteiger partial charge on any atom is -0.333 e. The number of nitrogens with zero attached hydrogens (tertiary/aromatic N) is 1. The Morgan fingerprint density at radius 3 is 2.75 bits per heavy atom. The second-order valence-corrected chi connectivity index (χ2v) is 7.13. The van der Waals surface area contributed by atoms with Crippen LogP contribution in [0.15, 0.2) is 23.6 Å². The van der Waals surface area contributed by atoms with Crippen molar-refractivity contribution >= 4 is 28.6 Å². The van der Waals surface area contributed by atoms with Crippen LogP contribution in [0.3, 0.4) is 0 Å². The topological polar surface area (TPSA) is 20.3 Å². The molecule has 20 heavy (non-hydrogen) atoms. The highest BCUT2D eigenvalue weighted by Crippen LogP contribution is 2.25. The zero-order valence-electron chi connectivity index (χ0n) is 12.3. The first-order chi connectivity index (χ1) is 9.65. The van der Waals surface area contributed by atoms with Gasteiger partial charge in [-0.25, -0.2) is 0 Å². The Bertz CT molecular complexity index is 557. The van der Waals surface area contributed by atoms with Gasteiger partial charge >= 0.3 is 0 Å². The lowest BCUT2D eigenvalue weighted by atomic mass is 10.1. The molecule has 0 saturated carbocycles. The van der Waals surface area contributed by atoms with Crippen molar-refractivity contribution in [2.75, 3.05) is 6.54 Å². The zero-order chi connectivity index (χ0) is 14.5. The maximum atomic E-state index is 12.6. The van der Waals surface area contributed by atoms with Crippen LogP contribution in [0.1, 0.15) is 45.3 Å². The summed E-state index contributed by atoms with van der Waals surface area (Å²) in [5.41, 5.74) is 1.33. The van der Waals surface area contributed by atoms with Crippen LogP contribution < -0.4 is 0 Å². The predicted molar refractivity (Wildman–Crippen MR) is 87.8 cm³/mol. The maximum absolute atomic E-state index is 12.6. The average Bonchev–Trinajstić information content (AvgIpc) is 3.06. The molecule has 0 aliphatic carbocycles. The molecule has 0 N–H and O–H groups in total. The van der Waals surface area contributed by atoms with Gasteiger partial charge in [0.15, 0.2) is 0 Å². The van der Waals surface area contributed by atoms with Crippen molar-refractivity contribution in [2.24, 2.45) is 0 Å². The summed E-state index contributed by atoms with van der Waals surface area (Å²) in [6.07, 6.45) is 2.19. The van der Waals surface area contributed by atoms with Crippen molar-refractivity contribution in [3.63, 3.8) is 0 Å². The second-order valence-electron chi connectivity index (χ2n) is 4.84. The van der Waals surface area contributed by atoms with Crippen molar-refractivity contribution in [1.82, 2.24) is 4.90 Å². The van der Waals surface area contributed by atoms with Crippen LogP contribution in [-0.2, 0) is 13.0 Å². The number of hydrogen-bond donors (Lipinski definition) is 0. The fraction of sp³-hybridized carbons (Fsp3) is 0.438. The van der Waals surface area contributed by atoms with E-state index in [0.717, 1.165) is 24.3 Å². The molecule has 0 aromatic carbocycles. The van der Waals surface area contributed by atoms with E-state index in [-0.39, 0.29) is 5.91 Å². The lowest BCUT2D eigenvalue weighted by molar-refractivity contribution is 0.0759. The Morgan fingerprint density at radius 1 is 1.35 bits per heavy atom. The van der Waals surface area contributed by atoms with Crippen LogP contribution >= 0.6 is 22.7 Å². The van der Waals surface area contributed by atoms with Crippen molar-refractivity contribution < 1.29 is 4.79 Å². The van der Waals surface area contributed by atoms with E-state index < -0.39 is 0 Å². The maximum Gasteiger partial charge on any atom is 0.264 e. The molecule has 2 nitrogen and oxygen atoms in total. The first-order valence-corrected chi connectivity index (χ1v) is 8.76. The van der Waals surface area contributed by atoms with Crippen LogP contribution in [0, 0.1) is 6.92 Å². The van der Waals surface area contributed by atoms with Gasteiger partial charge in [0, 0.05) is 16.3 Å². The van der Waals surface area contributed by atoms with E-state index in [0.29, 0.717) is 6.54 Å². The highest BCUT2D eigenvalue weighted by Gasteiger charge is 2.18. The van der Waals surface area contributed by atoms with Gasteiger partial charge in [-0.1, -0.05) is 19.4 Å². The first-order valence-electron chi connectivity index (χ1n) is 7.06. The molecule has 2 heterocycles. The van der Waals surface area contributed by atoms with Gasteiger partial charge in [-0.15, -0.1) is 22.7 Å². The highest BCUT2D eigenvalue weighted by atomic mass is 32.1. The molecule has 0 atom stereocenters. The molecule has 0 fully saturated rings. The summed E-state index contributed by atoms with van der Waals surface area (Å²) in [6.45, 7) is 7.79. The summed E-state index contributed by atoms with van der Waals surface area (Å²) in [4.78, 5) is 17.9. The van der Waals surface area contributed by atoms with Crippen LogP contribution in [0.4, 0.5) is 0 Å². The van der Waals surface area contributed by atoms with E-state index >= 15 is 0 Å². The summed E-state index contributed by atoms with van der Waals surface area (Å²) in [6, 6.07) is 6.21. The predicted octanol–water partition coefficient (Wildman–Crippen LogP) is 4.73. The molecule has 0 unspecified atom stereocenters. The molecule has 0 aliphatic rings. The summed E-state index contributed by atoms with van der Waals surface area (Å²) in [5.74, 6) is 0.163. The SMILES string of the molecule is CCCc1cc(C(=O)N(CC)Cc2cccs2)sc1C. The third-order valence-electron chi connectivity index (χ3n) is 3.35. The standard InChI is InChI=1S/C16H21NOS2/c1-4-7-13-10-15(20-12(13)3)16(18)17(5-2)11-14-8-6-9-19-14/h6,8-10H,4-5,7,11H2,1-3H3. The van der Waals surface area contributed by atoms with Crippen LogP contribution in [0.25, 0.3) is 0 Å². The Kier molecular flexibility index (Phi) is 5.38. The highest BCUT2D eigenvalue weighted by molar-refractivity contribution is 7.14. The van der Waals surface area contributed by atoms with Gasteiger partial charge in [0.1, 0.15) is 0 Å². The average molecular weight is 307 g/mol. The molecule has 2 rings (SSSR count). The summed E-state index contributed by atoms with van der Waals surface area (Å²) < 4.78 is 0. The smallest absolute Gasteiger partial charge is 0.264 e. The van der Waals surface area contributed by atoms with E-state index in [2.05, 4.69) is 31.4 Å². The minimum absolute atomic E-state index is 0.163. The quantitative estimate of drug-likeness (QED) is 0.755. The van der Waals surface area contributed by atoms with Crippen LogP contribution in [-0.4, -0.2) is 17.4 Å². The van der Waals surface area contributed by atoms with Gasteiger partial charge in [-0.2, -0.15) is 0 Å². The molecule has 108 valence electrons. The van der Waals surface area contributed by atoms with E-state index in [1.165, 1.54) is 15.3 Å². The number of hydrogen-bond acceptors (Lipinski definition) is 3. The normalized spacial score (nSPS) is 10.8. The molecule has 4 heteroatoms. The molecular formula is C16H21NOS2. The molecule has 2 aromatic heterocycles. The Morgan fingerprint density at radius 2 is 2.15 bits per heavy atom. The Labute approximate surface area is 129 Å². The largest absolute Gasteiger partial charge is 0.333 e. The molecule has 0 aliphatic heterocycles. The molecule has 0 spiro atoms. The van der Waals surface area contributed by atoms with Gasteiger partial charge in [0.05, 0.1) is 11.4 Å². The van der Waals surface area contributed by atoms with Gasteiger partial charge in [0.2, 0.25) is 0 Å². The second kappa shape index (κ2) is 7.04. The fourth-order valence-electron chi connectivity index (χ4n) is 2.22. The summed E-state index contributed by atoms with van der Waals surface area (Å²) in [5, 5.41) is 2.06. The monoisotopic (exact) mass is 307 g/mol. The molecule has 2 aromatic rings.